The molecule has 0 bridgehead atoms. The lowest BCUT2D eigenvalue weighted by Crippen LogP contribution is -2.25. The van der Waals surface area contributed by atoms with E-state index in [9.17, 15) is 4.79 Å². The van der Waals surface area contributed by atoms with Gasteiger partial charge in [0.15, 0.2) is 0 Å². The van der Waals surface area contributed by atoms with Crippen molar-refractivity contribution in [3.8, 4) is 5.13 Å². The maximum Gasteiger partial charge on any atom is 0.226 e. The monoisotopic (exact) mass is 506 g/mol. The van der Waals surface area contributed by atoms with Gasteiger partial charge in [-0.1, -0.05) is 62.6 Å². The first kappa shape index (κ1) is 19.1. The number of hydrogen-bond donors (Lipinski definition) is 1. The Bertz CT molecular complexity index is 1300. The van der Waals surface area contributed by atoms with Crippen LogP contribution < -0.4 is 5.32 Å². The normalized spacial score (nSPS) is 16.1. The summed E-state index contributed by atoms with van der Waals surface area (Å²) in [6.45, 7) is 1.93. The van der Waals surface area contributed by atoms with Crippen LogP contribution in [-0.2, 0) is 4.79 Å². The number of halogens is 3. The minimum Gasteiger partial charge on any atom is -0.310 e. The Labute approximate surface area is 188 Å². The molecule has 3 heterocycles. The molecule has 2 aromatic carbocycles. The van der Waals surface area contributed by atoms with Crippen LogP contribution in [0, 0.1) is 6.92 Å². The number of fused-ring (bicyclic) bond motifs is 2. The second-order valence-electron chi connectivity index (χ2n) is 6.82. The first-order valence-corrected chi connectivity index (χ1v) is 11.2. The predicted octanol–water partition coefficient (Wildman–Crippen LogP) is 6.33. The van der Waals surface area contributed by atoms with E-state index in [2.05, 4.69) is 21.2 Å². The summed E-state index contributed by atoms with van der Waals surface area (Å²) >= 11 is 17.7. The van der Waals surface area contributed by atoms with E-state index in [1.165, 1.54) is 11.3 Å². The lowest BCUT2D eigenvalue weighted by atomic mass is 9.86. The fraction of sp³-hybridized carbons (Fsp3) is 0.150. The van der Waals surface area contributed by atoms with Crippen LogP contribution in [0.5, 0.6) is 0 Å². The highest BCUT2D eigenvalue weighted by atomic mass is 79.9. The largest absolute Gasteiger partial charge is 0.310 e. The Balaban J connectivity index is 1.69. The molecule has 5 nitrogen and oxygen atoms in total. The number of rotatable bonds is 2. The molecule has 146 valence electrons. The Morgan fingerprint density at radius 3 is 2.93 bits per heavy atom. The Kier molecular flexibility index (Phi) is 4.66. The van der Waals surface area contributed by atoms with Gasteiger partial charge in [-0.05, 0) is 36.8 Å². The number of anilines is 1. The number of aromatic nitrogens is 3. The highest BCUT2D eigenvalue weighted by Crippen LogP contribution is 2.44. The van der Waals surface area contributed by atoms with Crippen LogP contribution in [0.25, 0.3) is 15.3 Å². The van der Waals surface area contributed by atoms with Gasteiger partial charge in [0.05, 0.1) is 26.0 Å². The minimum absolute atomic E-state index is 0.0939. The molecule has 0 fully saturated rings. The van der Waals surface area contributed by atoms with Crippen molar-refractivity contribution in [3.63, 3.8) is 0 Å². The zero-order valence-electron chi connectivity index (χ0n) is 15.0. The minimum atomic E-state index is -0.220. The van der Waals surface area contributed by atoms with Crippen molar-refractivity contribution >= 4 is 72.4 Å². The molecule has 29 heavy (non-hydrogen) atoms. The number of nitrogens with zero attached hydrogens (tertiary/aromatic N) is 3. The number of nitrogens with one attached hydrogen (secondary N) is 1. The van der Waals surface area contributed by atoms with Crippen LogP contribution in [0.1, 0.15) is 29.2 Å². The van der Waals surface area contributed by atoms with Crippen LogP contribution in [0.2, 0.25) is 10.0 Å². The van der Waals surface area contributed by atoms with Crippen molar-refractivity contribution in [1.29, 1.82) is 0 Å². The second kappa shape index (κ2) is 7.09. The molecule has 1 atom stereocenters. The highest BCUT2D eigenvalue weighted by Gasteiger charge is 2.34. The molecule has 1 aliphatic rings. The van der Waals surface area contributed by atoms with Crippen molar-refractivity contribution in [1.82, 2.24) is 14.8 Å². The van der Waals surface area contributed by atoms with Crippen LogP contribution in [0.15, 0.2) is 40.9 Å². The summed E-state index contributed by atoms with van der Waals surface area (Å²) < 4.78 is 3.74. The van der Waals surface area contributed by atoms with Gasteiger partial charge in [0, 0.05) is 22.4 Å². The van der Waals surface area contributed by atoms with Gasteiger partial charge in [0.25, 0.3) is 0 Å². The predicted molar refractivity (Wildman–Crippen MR) is 121 cm³/mol. The third-order valence-electron chi connectivity index (χ3n) is 4.98. The number of carbonyl (C=O) groups is 1. The fourth-order valence-electron chi connectivity index (χ4n) is 3.72. The van der Waals surface area contributed by atoms with Crippen LogP contribution >= 0.6 is 50.5 Å². The molecular formula is C20H13BrCl2N4OS. The molecule has 1 N–H and O–H groups in total. The first-order chi connectivity index (χ1) is 13.9. The van der Waals surface area contributed by atoms with Crippen LogP contribution in [-0.4, -0.2) is 20.7 Å². The zero-order valence-corrected chi connectivity index (χ0v) is 19.0. The highest BCUT2D eigenvalue weighted by molar-refractivity contribution is 9.10. The molecule has 5 rings (SSSR count). The van der Waals surface area contributed by atoms with E-state index in [1.807, 2.05) is 37.3 Å². The fourth-order valence-corrected chi connectivity index (χ4v) is 5.63. The van der Waals surface area contributed by atoms with Crippen molar-refractivity contribution in [2.45, 2.75) is 19.3 Å². The average Bonchev–Trinajstić information content (AvgIpc) is 3.24. The summed E-state index contributed by atoms with van der Waals surface area (Å²) in [6, 6.07) is 11.4. The second-order valence-corrected chi connectivity index (χ2v) is 9.53. The van der Waals surface area contributed by atoms with E-state index in [0.717, 1.165) is 31.5 Å². The van der Waals surface area contributed by atoms with E-state index in [-0.39, 0.29) is 18.2 Å². The molecule has 0 aliphatic carbocycles. The SMILES string of the molecule is Cc1nn(-c2nc3ccc(Br)cc3s2)c2c1C(c1cccc(Cl)c1Cl)CC(=O)N2. The number of hydrogen-bond acceptors (Lipinski definition) is 4. The van der Waals surface area contributed by atoms with Crippen molar-refractivity contribution in [2.24, 2.45) is 0 Å². The molecule has 0 saturated heterocycles. The molecule has 2 aromatic heterocycles. The molecule has 0 saturated carbocycles. The molecule has 4 aromatic rings. The molecule has 1 aliphatic heterocycles. The van der Waals surface area contributed by atoms with Gasteiger partial charge in [0.2, 0.25) is 11.0 Å². The standard InChI is InChI=1S/C20H13BrCl2N4OS/c1-9-17-12(11-3-2-4-13(22)18(11)23)8-16(28)25-19(17)27(26-9)20-24-14-6-5-10(21)7-15(14)29-20/h2-7,12H,8H2,1H3,(H,25,28). The maximum absolute atomic E-state index is 12.6. The number of benzene rings is 2. The molecule has 0 radical (unpaired) electrons. The lowest BCUT2D eigenvalue weighted by Gasteiger charge is -2.25. The Morgan fingerprint density at radius 2 is 2.10 bits per heavy atom. The summed E-state index contributed by atoms with van der Waals surface area (Å²) in [7, 11) is 0. The smallest absolute Gasteiger partial charge is 0.226 e. The van der Waals surface area contributed by atoms with Gasteiger partial charge in [-0.3, -0.25) is 4.79 Å². The zero-order chi connectivity index (χ0) is 20.3. The van der Waals surface area contributed by atoms with Crippen molar-refractivity contribution in [2.75, 3.05) is 5.32 Å². The summed E-state index contributed by atoms with van der Waals surface area (Å²) in [5, 5.41) is 9.32. The summed E-state index contributed by atoms with van der Waals surface area (Å²) in [5.41, 5.74) is 3.47. The van der Waals surface area contributed by atoms with E-state index in [4.69, 9.17) is 33.3 Å². The quantitative estimate of drug-likeness (QED) is 0.344. The van der Waals surface area contributed by atoms with Gasteiger partial charge in [-0.15, -0.1) is 0 Å². The molecule has 0 spiro atoms. The van der Waals surface area contributed by atoms with Crippen molar-refractivity contribution in [3.05, 3.63) is 67.7 Å². The third-order valence-corrected chi connectivity index (χ3v) is 7.30. The summed E-state index contributed by atoms with van der Waals surface area (Å²) in [6.07, 6.45) is 0.284. The van der Waals surface area contributed by atoms with Crippen molar-refractivity contribution < 1.29 is 4.79 Å². The first-order valence-electron chi connectivity index (χ1n) is 8.82. The molecule has 1 amide bonds. The van der Waals surface area contributed by atoms with E-state index in [1.54, 1.807) is 10.7 Å². The van der Waals surface area contributed by atoms with Gasteiger partial charge in [0.1, 0.15) is 5.82 Å². The van der Waals surface area contributed by atoms with Gasteiger partial charge < -0.3 is 5.32 Å². The number of aryl methyl sites for hydroxylation is 1. The third kappa shape index (κ3) is 3.17. The molecule has 1 unspecified atom stereocenters. The topological polar surface area (TPSA) is 59.8 Å². The Morgan fingerprint density at radius 1 is 1.28 bits per heavy atom. The van der Waals surface area contributed by atoms with E-state index >= 15 is 0 Å². The lowest BCUT2D eigenvalue weighted by molar-refractivity contribution is -0.116. The summed E-state index contributed by atoms with van der Waals surface area (Å²) in [5.74, 6) is 0.323. The molecule has 9 heteroatoms. The van der Waals surface area contributed by atoms with E-state index in [0.29, 0.717) is 21.0 Å². The van der Waals surface area contributed by atoms with Gasteiger partial charge in [-0.2, -0.15) is 9.78 Å². The van der Waals surface area contributed by atoms with E-state index < -0.39 is 0 Å². The van der Waals surface area contributed by atoms with Gasteiger partial charge in [-0.25, -0.2) is 4.98 Å². The number of amides is 1. The van der Waals surface area contributed by atoms with Crippen LogP contribution in [0.3, 0.4) is 0 Å². The number of carbonyl (C=O) groups excluding carboxylic acids is 1. The summed E-state index contributed by atoms with van der Waals surface area (Å²) in [4.78, 5) is 17.3. The number of thiazole rings is 1. The molecular weight excluding hydrogens is 495 g/mol. The Hall–Kier alpha value is -1.93. The van der Waals surface area contributed by atoms with Gasteiger partial charge >= 0.3 is 0 Å². The maximum atomic E-state index is 12.6. The van der Waals surface area contributed by atoms with Crippen LogP contribution in [0.4, 0.5) is 5.82 Å². The average molecular weight is 508 g/mol.